The molecule has 2 aromatic carbocycles. The number of hydrogen-bond donors (Lipinski definition) is 3. The highest BCUT2D eigenvalue weighted by molar-refractivity contribution is 6.39. The Labute approximate surface area is 175 Å². The molecule has 2 heterocycles. The number of halogens is 2. The monoisotopic (exact) mass is 421 g/mol. The minimum Gasteiger partial charge on any atom is -0.493 e. The van der Waals surface area contributed by atoms with E-state index in [0.717, 1.165) is 51.5 Å². The highest BCUT2D eigenvalue weighted by atomic mass is 35.5. The summed E-state index contributed by atoms with van der Waals surface area (Å²) in [7, 11) is 0. The number of carbonyl (C=O) groups is 1. The molecule has 1 amide bonds. The van der Waals surface area contributed by atoms with Gasteiger partial charge in [0.05, 0.1) is 22.3 Å². The van der Waals surface area contributed by atoms with Gasteiger partial charge in [0, 0.05) is 12.0 Å². The van der Waals surface area contributed by atoms with Crippen LogP contribution in [0, 0.1) is 0 Å². The van der Waals surface area contributed by atoms with E-state index >= 15 is 0 Å². The van der Waals surface area contributed by atoms with E-state index in [1.807, 2.05) is 0 Å². The molecule has 3 N–H and O–H groups in total. The molecule has 0 aromatic heterocycles. The van der Waals surface area contributed by atoms with Gasteiger partial charge in [0.2, 0.25) is 0 Å². The van der Waals surface area contributed by atoms with E-state index in [1.54, 1.807) is 23.1 Å². The molecule has 0 radical (unpaired) electrons. The summed E-state index contributed by atoms with van der Waals surface area (Å²) >= 11 is 12.3. The van der Waals surface area contributed by atoms with Crippen LogP contribution in [0.25, 0.3) is 0 Å². The number of hydrogen-bond acceptors (Lipinski definition) is 2. The maximum absolute atomic E-state index is 12.4. The second-order valence-corrected chi connectivity index (χ2v) is 8.35. The summed E-state index contributed by atoms with van der Waals surface area (Å²) in [4.78, 5) is 15.3. The molecule has 4 rings (SSSR count). The fraction of sp³-hybridized carbons (Fsp3) is 0.381. The van der Waals surface area contributed by atoms with Crippen LogP contribution in [0.3, 0.4) is 0 Å². The molecule has 1 fully saturated rings. The molecule has 0 unspecified atom stereocenters. The first kappa shape index (κ1) is 19.5. The number of nitrogens with one attached hydrogen (secondary N) is 3. The number of anilines is 1. The molecule has 0 spiro atoms. The summed E-state index contributed by atoms with van der Waals surface area (Å²) < 4.78 is 5.59. The Bertz CT molecular complexity index is 846. The second kappa shape index (κ2) is 8.70. The Morgan fingerprint density at radius 1 is 1.04 bits per heavy atom. The summed E-state index contributed by atoms with van der Waals surface area (Å²) in [6, 6.07) is 11.8. The normalized spacial score (nSPS) is 21.1. The highest BCUT2D eigenvalue weighted by Gasteiger charge is 2.25. The van der Waals surface area contributed by atoms with Crippen molar-refractivity contribution >= 4 is 34.8 Å². The number of quaternary nitrogens is 2. The molecule has 2 aromatic rings. The third-order valence-electron chi connectivity index (χ3n) is 5.51. The minimum atomic E-state index is -0.0490. The molecule has 0 aliphatic carbocycles. The van der Waals surface area contributed by atoms with Crippen LogP contribution in [0.4, 0.5) is 5.69 Å². The van der Waals surface area contributed by atoms with Gasteiger partial charge in [0.25, 0.3) is 5.91 Å². The van der Waals surface area contributed by atoms with Gasteiger partial charge in [-0.3, -0.25) is 4.79 Å². The number of ether oxygens (including phenoxy) is 1. The number of fused-ring (bicyclic) bond motifs is 1. The number of benzene rings is 2. The first-order valence-corrected chi connectivity index (χ1v) is 10.5. The average Bonchev–Trinajstić information content (AvgIpc) is 3.14. The van der Waals surface area contributed by atoms with E-state index in [2.05, 4.69) is 23.5 Å². The largest absolute Gasteiger partial charge is 0.493 e. The van der Waals surface area contributed by atoms with Crippen molar-refractivity contribution in [3.05, 3.63) is 57.6 Å². The topological polar surface area (TPSA) is 47.2 Å². The number of rotatable bonds is 5. The van der Waals surface area contributed by atoms with Crippen LogP contribution < -0.4 is 19.9 Å². The smallest absolute Gasteiger partial charge is 0.279 e. The molecule has 2 aliphatic heterocycles. The van der Waals surface area contributed by atoms with E-state index < -0.39 is 0 Å². The molecule has 5 nitrogen and oxygen atoms in total. The van der Waals surface area contributed by atoms with Crippen molar-refractivity contribution in [2.45, 2.75) is 13.0 Å². The third kappa shape index (κ3) is 4.61. The molecule has 28 heavy (non-hydrogen) atoms. The maximum Gasteiger partial charge on any atom is 0.279 e. The van der Waals surface area contributed by atoms with E-state index in [1.165, 1.54) is 16.0 Å². The van der Waals surface area contributed by atoms with Crippen molar-refractivity contribution in [3.8, 4) is 5.75 Å². The molecule has 0 bridgehead atoms. The second-order valence-electron chi connectivity index (χ2n) is 7.54. The summed E-state index contributed by atoms with van der Waals surface area (Å²) in [5.74, 6) is 0.990. The molecular formula is C21H25Cl2N3O2+2. The highest BCUT2D eigenvalue weighted by Crippen LogP contribution is 2.29. The van der Waals surface area contributed by atoms with Gasteiger partial charge in [0.1, 0.15) is 38.5 Å². The van der Waals surface area contributed by atoms with Gasteiger partial charge in [-0.1, -0.05) is 29.3 Å². The Morgan fingerprint density at radius 3 is 2.50 bits per heavy atom. The zero-order chi connectivity index (χ0) is 19.5. The Morgan fingerprint density at radius 2 is 1.75 bits per heavy atom. The summed E-state index contributed by atoms with van der Waals surface area (Å²) in [6.45, 7) is 6.34. The summed E-state index contributed by atoms with van der Waals surface area (Å²) in [5, 5.41) is 3.78. The number of carbonyl (C=O) groups excluding carboxylic acids is 1. The lowest BCUT2D eigenvalue weighted by atomic mass is 10.1. The Hall–Kier alpha value is -1.79. The number of piperazine rings is 1. The van der Waals surface area contributed by atoms with E-state index in [4.69, 9.17) is 27.9 Å². The van der Waals surface area contributed by atoms with Gasteiger partial charge < -0.3 is 19.9 Å². The van der Waals surface area contributed by atoms with E-state index in [0.29, 0.717) is 22.3 Å². The van der Waals surface area contributed by atoms with Crippen LogP contribution >= 0.6 is 23.2 Å². The average molecular weight is 422 g/mol. The lowest BCUT2D eigenvalue weighted by Gasteiger charge is -2.29. The first-order chi connectivity index (χ1) is 13.6. The SMILES string of the molecule is O=C(C[NH+]1CC[NH+](Cc2ccc3c(c2)CCO3)CC1)Nc1c(Cl)cccc1Cl. The van der Waals surface area contributed by atoms with Crippen molar-refractivity contribution < 1.29 is 19.3 Å². The summed E-state index contributed by atoms with van der Waals surface area (Å²) in [5.41, 5.74) is 3.20. The van der Waals surface area contributed by atoms with Crippen molar-refractivity contribution in [2.75, 3.05) is 44.6 Å². The first-order valence-electron chi connectivity index (χ1n) is 9.74. The maximum atomic E-state index is 12.4. The molecule has 7 heteroatoms. The molecule has 2 aliphatic rings. The molecule has 1 saturated heterocycles. The van der Waals surface area contributed by atoms with Crippen molar-refractivity contribution in [1.29, 1.82) is 0 Å². The van der Waals surface area contributed by atoms with Gasteiger partial charge in [-0.25, -0.2) is 0 Å². The molecule has 148 valence electrons. The quantitative estimate of drug-likeness (QED) is 0.670. The molecule has 0 atom stereocenters. The lowest BCUT2D eigenvalue weighted by Crippen LogP contribution is -3.28. The predicted octanol–water partition coefficient (Wildman–Crippen LogP) is 0.850. The van der Waals surface area contributed by atoms with Gasteiger partial charge in [-0.05, 0) is 35.9 Å². The standard InChI is InChI=1S/C21H23Cl2N3O2/c22-17-2-1-3-18(23)21(17)24-20(27)14-26-9-7-25(8-10-26)13-15-4-5-19-16(12-15)6-11-28-19/h1-5,12H,6-11,13-14H2,(H,24,27)/p+2. The molecule has 0 saturated carbocycles. The fourth-order valence-corrected chi connectivity index (χ4v) is 4.47. The summed E-state index contributed by atoms with van der Waals surface area (Å²) in [6.07, 6.45) is 1.01. The Kier molecular flexibility index (Phi) is 6.07. The van der Waals surface area contributed by atoms with Crippen LogP contribution in [-0.4, -0.2) is 45.2 Å². The van der Waals surface area contributed by atoms with Crippen molar-refractivity contribution in [1.82, 2.24) is 0 Å². The van der Waals surface area contributed by atoms with Crippen LogP contribution in [0.2, 0.25) is 10.0 Å². The third-order valence-corrected chi connectivity index (χ3v) is 6.14. The zero-order valence-electron chi connectivity index (χ0n) is 15.7. The van der Waals surface area contributed by atoms with Crippen molar-refractivity contribution in [2.24, 2.45) is 0 Å². The Balaban J connectivity index is 1.25. The molecular weight excluding hydrogens is 397 g/mol. The number of amides is 1. The number of para-hydroxylation sites is 1. The van der Waals surface area contributed by atoms with Gasteiger partial charge in [-0.2, -0.15) is 0 Å². The van der Waals surface area contributed by atoms with Gasteiger partial charge in [0.15, 0.2) is 6.54 Å². The van der Waals surface area contributed by atoms with Gasteiger partial charge in [-0.15, -0.1) is 0 Å². The fourth-order valence-electron chi connectivity index (χ4n) is 3.98. The van der Waals surface area contributed by atoms with Crippen LogP contribution in [0.5, 0.6) is 5.75 Å². The van der Waals surface area contributed by atoms with E-state index in [-0.39, 0.29) is 5.91 Å². The van der Waals surface area contributed by atoms with Crippen LogP contribution in [-0.2, 0) is 17.8 Å². The van der Waals surface area contributed by atoms with Crippen LogP contribution in [0.15, 0.2) is 36.4 Å². The van der Waals surface area contributed by atoms with Crippen molar-refractivity contribution in [3.63, 3.8) is 0 Å². The van der Waals surface area contributed by atoms with E-state index in [9.17, 15) is 4.79 Å². The van der Waals surface area contributed by atoms with Gasteiger partial charge >= 0.3 is 0 Å². The predicted molar refractivity (Wildman–Crippen MR) is 111 cm³/mol. The van der Waals surface area contributed by atoms with Crippen LogP contribution in [0.1, 0.15) is 11.1 Å². The zero-order valence-corrected chi connectivity index (χ0v) is 17.2. The lowest BCUT2D eigenvalue weighted by molar-refractivity contribution is -1.02. The minimum absolute atomic E-state index is 0.0490.